The predicted octanol–water partition coefficient (Wildman–Crippen LogP) is 7.39. The van der Waals surface area contributed by atoms with E-state index in [2.05, 4.69) is 31.4 Å². The van der Waals surface area contributed by atoms with Gasteiger partial charge in [0, 0.05) is 15.6 Å². The number of nitrogens with one attached hydrogen (secondary N) is 1. The van der Waals surface area contributed by atoms with Crippen molar-refractivity contribution in [1.29, 1.82) is 0 Å². The van der Waals surface area contributed by atoms with E-state index in [1.807, 2.05) is 48.5 Å². The van der Waals surface area contributed by atoms with Crippen LogP contribution < -0.4 is 10.2 Å². The molecular weight excluding hydrogens is 493 g/mol. The lowest BCUT2D eigenvalue weighted by molar-refractivity contribution is 0.304. The maximum Gasteiger partial charge on any atom is 0.204 e. The van der Waals surface area contributed by atoms with E-state index in [0.717, 1.165) is 30.9 Å². The fraction of sp³-hybridized carbons (Fsp3) is 0.0476. The average Bonchev–Trinajstić information content (AvgIpc) is 3.11. The Hall–Kier alpha value is -2.12. The first-order chi connectivity index (χ1) is 14.1. The Balaban J connectivity index is 1.39. The van der Waals surface area contributed by atoms with Crippen LogP contribution in [0.3, 0.4) is 0 Å². The SMILES string of the molecule is Clc1ccc(COc2ccc(/C=N/Nc3nc4ccccc4s3)cc2Br)c(Cl)c1. The highest BCUT2D eigenvalue weighted by atomic mass is 79.9. The number of aromatic nitrogens is 1. The van der Waals surface area contributed by atoms with Crippen LogP contribution in [0.4, 0.5) is 5.13 Å². The van der Waals surface area contributed by atoms with E-state index >= 15 is 0 Å². The molecule has 0 saturated carbocycles. The van der Waals surface area contributed by atoms with E-state index < -0.39 is 0 Å². The summed E-state index contributed by atoms with van der Waals surface area (Å²) >= 11 is 17.2. The fourth-order valence-electron chi connectivity index (χ4n) is 2.59. The van der Waals surface area contributed by atoms with Gasteiger partial charge in [-0.2, -0.15) is 5.10 Å². The van der Waals surface area contributed by atoms with E-state index in [1.165, 1.54) is 0 Å². The second kappa shape index (κ2) is 9.13. The van der Waals surface area contributed by atoms with E-state index in [4.69, 9.17) is 27.9 Å². The van der Waals surface area contributed by atoms with Crippen LogP contribution in [0.2, 0.25) is 10.0 Å². The summed E-state index contributed by atoms with van der Waals surface area (Å²) in [7, 11) is 0. The van der Waals surface area contributed by atoms with E-state index in [1.54, 1.807) is 29.7 Å². The summed E-state index contributed by atoms with van der Waals surface area (Å²) in [5.74, 6) is 0.715. The average molecular weight is 507 g/mol. The molecule has 0 aliphatic rings. The molecule has 0 amide bonds. The van der Waals surface area contributed by atoms with Crippen molar-refractivity contribution in [1.82, 2.24) is 4.98 Å². The van der Waals surface area contributed by atoms with Gasteiger partial charge in [0.2, 0.25) is 5.13 Å². The van der Waals surface area contributed by atoms with Crippen molar-refractivity contribution in [3.05, 3.63) is 86.3 Å². The van der Waals surface area contributed by atoms with E-state index in [-0.39, 0.29) is 0 Å². The molecule has 0 bridgehead atoms. The number of para-hydroxylation sites is 1. The molecule has 0 radical (unpaired) electrons. The lowest BCUT2D eigenvalue weighted by atomic mass is 10.2. The first-order valence-corrected chi connectivity index (χ1v) is 11.0. The number of ether oxygens (including phenoxy) is 1. The first-order valence-electron chi connectivity index (χ1n) is 8.59. The third kappa shape index (κ3) is 5.08. The highest BCUT2D eigenvalue weighted by molar-refractivity contribution is 9.10. The van der Waals surface area contributed by atoms with Crippen molar-refractivity contribution in [3.63, 3.8) is 0 Å². The molecule has 0 unspecified atom stereocenters. The number of anilines is 1. The monoisotopic (exact) mass is 505 g/mol. The number of hydrazone groups is 1. The minimum Gasteiger partial charge on any atom is -0.488 e. The summed E-state index contributed by atoms with van der Waals surface area (Å²) in [4.78, 5) is 4.49. The van der Waals surface area contributed by atoms with Crippen LogP contribution in [0.25, 0.3) is 10.2 Å². The van der Waals surface area contributed by atoms with Crippen molar-refractivity contribution in [2.45, 2.75) is 6.61 Å². The van der Waals surface area contributed by atoms with E-state index in [0.29, 0.717) is 22.4 Å². The molecule has 1 aromatic heterocycles. The highest BCUT2D eigenvalue weighted by Crippen LogP contribution is 2.29. The molecule has 1 heterocycles. The van der Waals surface area contributed by atoms with Gasteiger partial charge in [-0.05, 0) is 64.0 Å². The first kappa shape index (κ1) is 20.2. The molecule has 1 N–H and O–H groups in total. The Morgan fingerprint density at radius 3 is 2.76 bits per heavy atom. The lowest BCUT2D eigenvalue weighted by Crippen LogP contribution is -1.97. The number of thiazole rings is 1. The number of nitrogens with zero attached hydrogens (tertiary/aromatic N) is 2. The molecule has 146 valence electrons. The minimum atomic E-state index is 0.348. The molecule has 0 saturated heterocycles. The van der Waals surface area contributed by atoms with E-state index in [9.17, 15) is 0 Å². The van der Waals surface area contributed by atoms with Gasteiger partial charge in [-0.25, -0.2) is 4.98 Å². The Bertz CT molecular complexity index is 1160. The molecule has 4 nitrogen and oxygen atoms in total. The van der Waals surface area contributed by atoms with Crippen LogP contribution in [0.15, 0.2) is 70.2 Å². The number of halogens is 3. The zero-order valence-corrected chi connectivity index (χ0v) is 18.8. The molecule has 4 rings (SSSR count). The molecule has 3 aromatic carbocycles. The number of fused-ring (bicyclic) bond motifs is 1. The molecule has 0 spiro atoms. The number of hydrogen-bond acceptors (Lipinski definition) is 5. The minimum absolute atomic E-state index is 0.348. The van der Waals surface area contributed by atoms with Gasteiger partial charge < -0.3 is 4.74 Å². The summed E-state index contributed by atoms with van der Waals surface area (Å²) in [6.45, 7) is 0.348. The second-order valence-corrected chi connectivity index (χ2v) is 8.80. The van der Waals surface area contributed by atoms with Crippen LogP contribution >= 0.6 is 50.5 Å². The Morgan fingerprint density at radius 2 is 1.97 bits per heavy atom. The Morgan fingerprint density at radius 1 is 1.10 bits per heavy atom. The zero-order chi connectivity index (χ0) is 20.2. The summed E-state index contributed by atoms with van der Waals surface area (Å²) < 4.78 is 7.81. The summed E-state index contributed by atoms with van der Waals surface area (Å²) in [5, 5.41) is 6.21. The van der Waals surface area contributed by atoms with Crippen LogP contribution in [0, 0.1) is 0 Å². The molecule has 0 fully saturated rings. The number of hydrogen-bond donors (Lipinski definition) is 1. The predicted molar refractivity (Wildman–Crippen MR) is 126 cm³/mol. The van der Waals surface area contributed by atoms with Crippen molar-refractivity contribution in [2.24, 2.45) is 5.10 Å². The third-order valence-electron chi connectivity index (χ3n) is 4.02. The topological polar surface area (TPSA) is 46.5 Å². The zero-order valence-electron chi connectivity index (χ0n) is 14.9. The molecule has 4 aromatic rings. The smallest absolute Gasteiger partial charge is 0.204 e. The van der Waals surface area contributed by atoms with Gasteiger partial charge in [0.05, 0.1) is 20.9 Å². The van der Waals surface area contributed by atoms with Crippen molar-refractivity contribution in [2.75, 3.05) is 5.43 Å². The molecule has 0 atom stereocenters. The third-order valence-corrected chi connectivity index (χ3v) is 6.17. The number of rotatable bonds is 6. The van der Waals surface area contributed by atoms with Crippen LogP contribution in [-0.2, 0) is 6.61 Å². The number of benzene rings is 3. The molecule has 29 heavy (non-hydrogen) atoms. The van der Waals surface area contributed by atoms with Crippen LogP contribution in [0.5, 0.6) is 5.75 Å². The molecular formula is C21H14BrCl2N3OS. The van der Waals surface area contributed by atoms with Crippen LogP contribution in [0.1, 0.15) is 11.1 Å². The Kier molecular flexibility index (Phi) is 6.35. The maximum absolute atomic E-state index is 6.19. The largest absolute Gasteiger partial charge is 0.488 e. The standard InChI is InChI=1S/C21H14BrCl2N3OS/c22-16-9-13(11-25-27-21-26-18-3-1-2-4-20(18)29-21)5-8-19(16)28-12-14-6-7-15(23)10-17(14)24/h1-11H,12H2,(H,26,27)/b25-11+. The fourth-order valence-corrected chi connectivity index (χ4v) is 4.38. The van der Waals surface area contributed by atoms with Gasteiger partial charge in [0.15, 0.2) is 0 Å². The molecule has 8 heteroatoms. The van der Waals surface area contributed by atoms with Gasteiger partial charge in [0.1, 0.15) is 12.4 Å². The summed E-state index contributed by atoms with van der Waals surface area (Å²) in [5.41, 5.74) is 5.73. The second-order valence-electron chi connectivity index (χ2n) is 6.07. The van der Waals surface area contributed by atoms with Gasteiger partial charge >= 0.3 is 0 Å². The van der Waals surface area contributed by atoms with Gasteiger partial charge in [-0.15, -0.1) is 0 Å². The van der Waals surface area contributed by atoms with Crippen molar-refractivity contribution < 1.29 is 4.74 Å². The Labute approximate surface area is 190 Å². The van der Waals surface area contributed by atoms with Gasteiger partial charge in [0.25, 0.3) is 0 Å². The highest BCUT2D eigenvalue weighted by Gasteiger charge is 2.06. The summed E-state index contributed by atoms with van der Waals surface area (Å²) in [6.07, 6.45) is 1.73. The summed E-state index contributed by atoms with van der Waals surface area (Å²) in [6, 6.07) is 19.1. The van der Waals surface area contributed by atoms with Gasteiger partial charge in [-0.1, -0.05) is 52.7 Å². The normalized spacial score (nSPS) is 11.3. The maximum atomic E-state index is 6.19. The van der Waals surface area contributed by atoms with Crippen molar-refractivity contribution in [3.8, 4) is 5.75 Å². The van der Waals surface area contributed by atoms with Crippen molar-refractivity contribution >= 4 is 72.0 Å². The molecule has 0 aliphatic heterocycles. The van der Waals surface area contributed by atoms with Gasteiger partial charge in [-0.3, -0.25) is 5.43 Å². The lowest BCUT2D eigenvalue weighted by Gasteiger charge is -2.10. The van der Waals surface area contributed by atoms with Crippen LogP contribution in [-0.4, -0.2) is 11.2 Å². The quantitative estimate of drug-likeness (QED) is 0.219. The molecule has 0 aliphatic carbocycles.